The lowest BCUT2D eigenvalue weighted by atomic mass is 10.0. The van der Waals surface area contributed by atoms with E-state index in [0.717, 1.165) is 19.4 Å². The minimum absolute atomic E-state index is 0.446. The number of nitrogens with one attached hydrogen (secondary N) is 2. The highest BCUT2D eigenvalue weighted by Gasteiger charge is 2.18. The second kappa shape index (κ2) is 4.94. The van der Waals surface area contributed by atoms with Crippen molar-refractivity contribution >= 4 is 11.0 Å². The molecule has 3 atom stereocenters. The van der Waals surface area contributed by atoms with E-state index in [1.165, 1.54) is 0 Å². The number of hydrogen-bond donors (Lipinski definition) is 2. The molecule has 1 saturated heterocycles. The van der Waals surface area contributed by atoms with E-state index in [4.69, 9.17) is 0 Å². The third kappa shape index (κ3) is 3.21. The van der Waals surface area contributed by atoms with E-state index < -0.39 is 11.0 Å². The highest BCUT2D eigenvalue weighted by molar-refractivity contribution is 7.82. The Labute approximate surface area is 76.9 Å². The summed E-state index contributed by atoms with van der Waals surface area (Å²) in [4.78, 5) is 0. The first-order chi connectivity index (χ1) is 5.72. The molecule has 3 nitrogen and oxygen atoms in total. The molecule has 12 heavy (non-hydrogen) atoms. The molecule has 1 rings (SSSR count). The van der Waals surface area contributed by atoms with Crippen molar-refractivity contribution in [3.05, 3.63) is 0 Å². The van der Waals surface area contributed by atoms with Gasteiger partial charge in [-0.25, -0.2) is 8.93 Å². The standard InChI is InChI=1S/C8H18N2OS/c1-3-12(11)10-8-4-5-9-7(2)6-8/h7-10H,3-6H2,1-2H3. The first-order valence-corrected chi connectivity index (χ1v) is 5.92. The zero-order valence-corrected chi connectivity index (χ0v) is 8.62. The highest BCUT2D eigenvalue weighted by atomic mass is 32.2. The molecule has 0 radical (unpaired) electrons. The Morgan fingerprint density at radius 3 is 3.00 bits per heavy atom. The Morgan fingerprint density at radius 2 is 2.42 bits per heavy atom. The van der Waals surface area contributed by atoms with Gasteiger partial charge in [0.2, 0.25) is 0 Å². The van der Waals surface area contributed by atoms with Crippen LogP contribution in [-0.2, 0) is 11.0 Å². The summed E-state index contributed by atoms with van der Waals surface area (Å²) < 4.78 is 14.3. The quantitative estimate of drug-likeness (QED) is 0.676. The Morgan fingerprint density at radius 1 is 1.67 bits per heavy atom. The minimum atomic E-state index is -0.817. The van der Waals surface area contributed by atoms with Crippen molar-refractivity contribution in [1.29, 1.82) is 0 Å². The molecule has 1 aliphatic heterocycles. The van der Waals surface area contributed by atoms with E-state index in [0.29, 0.717) is 17.8 Å². The van der Waals surface area contributed by atoms with Gasteiger partial charge in [0.1, 0.15) is 0 Å². The molecular formula is C8H18N2OS. The van der Waals surface area contributed by atoms with Crippen molar-refractivity contribution in [2.45, 2.75) is 38.8 Å². The van der Waals surface area contributed by atoms with Crippen LogP contribution < -0.4 is 10.0 Å². The second-order valence-corrected chi connectivity index (χ2v) is 4.83. The third-order valence-electron chi connectivity index (χ3n) is 2.18. The van der Waals surface area contributed by atoms with Gasteiger partial charge in [0, 0.05) is 17.8 Å². The summed E-state index contributed by atoms with van der Waals surface area (Å²) in [5.41, 5.74) is 0. The van der Waals surface area contributed by atoms with Crippen LogP contribution in [0.25, 0.3) is 0 Å². The van der Waals surface area contributed by atoms with Crippen LogP contribution in [0.3, 0.4) is 0 Å². The van der Waals surface area contributed by atoms with Crippen LogP contribution in [0.2, 0.25) is 0 Å². The summed E-state index contributed by atoms with van der Waals surface area (Å²) in [6.45, 7) is 5.15. The van der Waals surface area contributed by atoms with Gasteiger partial charge in [-0.2, -0.15) is 0 Å². The van der Waals surface area contributed by atoms with Crippen LogP contribution in [0.1, 0.15) is 26.7 Å². The lowest BCUT2D eigenvalue weighted by Gasteiger charge is -2.28. The molecule has 0 amide bonds. The van der Waals surface area contributed by atoms with Gasteiger partial charge in [0.05, 0.1) is 11.0 Å². The summed E-state index contributed by atoms with van der Waals surface area (Å²) in [5.74, 6) is 0.707. The smallest absolute Gasteiger partial charge is 0.0915 e. The molecule has 0 saturated carbocycles. The fourth-order valence-electron chi connectivity index (χ4n) is 1.51. The van der Waals surface area contributed by atoms with Crippen LogP contribution in [0.4, 0.5) is 0 Å². The molecule has 0 aromatic rings. The van der Waals surface area contributed by atoms with Gasteiger partial charge in [-0.15, -0.1) is 0 Å². The van der Waals surface area contributed by atoms with Gasteiger partial charge >= 0.3 is 0 Å². The lowest BCUT2D eigenvalue weighted by Crippen LogP contribution is -2.45. The van der Waals surface area contributed by atoms with Gasteiger partial charge < -0.3 is 5.32 Å². The Bertz CT molecular complexity index is 163. The van der Waals surface area contributed by atoms with Gasteiger partial charge in [-0.3, -0.25) is 0 Å². The first kappa shape index (κ1) is 10.2. The highest BCUT2D eigenvalue weighted by Crippen LogP contribution is 2.08. The van der Waals surface area contributed by atoms with Crippen molar-refractivity contribution in [2.24, 2.45) is 0 Å². The maximum absolute atomic E-state index is 11.2. The molecule has 2 N–H and O–H groups in total. The van der Waals surface area contributed by atoms with E-state index in [-0.39, 0.29) is 0 Å². The maximum Gasteiger partial charge on any atom is 0.0915 e. The summed E-state index contributed by atoms with van der Waals surface area (Å²) in [5, 5.41) is 3.36. The molecule has 0 bridgehead atoms. The van der Waals surface area contributed by atoms with E-state index in [2.05, 4.69) is 17.0 Å². The molecule has 4 heteroatoms. The van der Waals surface area contributed by atoms with Crippen LogP contribution in [0.15, 0.2) is 0 Å². The van der Waals surface area contributed by atoms with Crippen molar-refractivity contribution in [2.75, 3.05) is 12.3 Å². The molecule has 0 aromatic heterocycles. The van der Waals surface area contributed by atoms with E-state index >= 15 is 0 Å². The number of hydrogen-bond acceptors (Lipinski definition) is 2. The van der Waals surface area contributed by atoms with Crippen LogP contribution in [0, 0.1) is 0 Å². The predicted molar refractivity (Wildman–Crippen MR) is 52.3 cm³/mol. The average Bonchev–Trinajstić information content (AvgIpc) is 2.04. The second-order valence-electron chi connectivity index (χ2n) is 3.33. The Kier molecular flexibility index (Phi) is 4.18. The van der Waals surface area contributed by atoms with E-state index in [1.807, 2.05) is 6.92 Å². The van der Waals surface area contributed by atoms with Gasteiger partial charge in [-0.1, -0.05) is 6.92 Å². The third-order valence-corrected chi connectivity index (χ3v) is 3.30. The Hall–Kier alpha value is 0.0700. The molecular weight excluding hydrogens is 172 g/mol. The molecule has 3 unspecified atom stereocenters. The molecule has 1 aliphatic rings. The largest absolute Gasteiger partial charge is 0.314 e. The fourth-order valence-corrected chi connectivity index (χ4v) is 2.26. The summed E-state index contributed by atoms with van der Waals surface area (Å²) in [6.07, 6.45) is 2.18. The van der Waals surface area contributed by atoms with Crippen molar-refractivity contribution in [3.8, 4) is 0 Å². The van der Waals surface area contributed by atoms with Crippen LogP contribution in [0.5, 0.6) is 0 Å². The van der Waals surface area contributed by atoms with Crippen LogP contribution >= 0.6 is 0 Å². The summed E-state index contributed by atoms with van der Waals surface area (Å²) >= 11 is 0. The molecule has 72 valence electrons. The monoisotopic (exact) mass is 190 g/mol. The average molecular weight is 190 g/mol. The SMILES string of the molecule is CCS(=O)NC1CCNC(C)C1. The molecule has 0 aliphatic carbocycles. The number of rotatable bonds is 3. The molecule has 1 fully saturated rings. The maximum atomic E-state index is 11.2. The van der Waals surface area contributed by atoms with E-state index in [9.17, 15) is 4.21 Å². The topological polar surface area (TPSA) is 41.1 Å². The van der Waals surface area contributed by atoms with Crippen molar-refractivity contribution in [3.63, 3.8) is 0 Å². The van der Waals surface area contributed by atoms with Crippen LogP contribution in [-0.4, -0.2) is 28.6 Å². The Balaban J connectivity index is 2.27. The molecule has 0 spiro atoms. The van der Waals surface area contributed by atoms with Crippen molar-refractivity contribution < 1.29 is 4.21 Å². The fraction of sp³-hybridized carbons (Fsp3) is 1.00. The molecule has 1 heterocycles. The predicted octanol–water partition coefficient (Wildman–Crippen LogP) is 0.400. The van der Waals surface area contributed by atoms with Crippen molar-refractivity contribution in [1.82, 2.24) is 10.0 Å². The normalized spacial score (nSPS) is 33.2. The first-order valence-electron chi connectivity index (χ1n) is 4.60. The number of piperidine rings is 1. The zero-order valence-electron chi connectivity index (χ0n) is 7.80. The van der Waals surface area contributed by atoms with Gasteiger partial charge in [0.15, 0.2) is 0 Å². The lowest BCUT2D eigenvalue weighted by molar-refractivity contribution is 0.365. The molecule has 0 aromatic carbocycles. The summed E-state index contributed by atoms with van der Waals surface area (Å²) in [6, 6.07) is 1.01. The zero-order chi connectivity index (χ0) is 8.97. The van der Waals surface area contributed by atoms with Gasteiger partial charge in [0.25, 0.3) is 0 Å². The summed E-state index contributed by atoms with van der Waals surface area (Å²) in [7, 11) is -0.817. The van der Waals surface area contributed by atoms with E-state index in [1.54, 1.807) is 0 Å². The van der Waals surface area contributed by atoms with Gasteiger partial charge in [-0.05, 0) is 26.3 Å². The minimum Gasteiger partial charge on any atom is -0.314 e.